The Balaban J connectivity index is 2.04. The minimum Gasteiger partial charge on any atom is -0.473 e. The molecule has 0 radical (unpaired) electrons. The molecule has 0 bridgehead atoms. The fourth-order valence-corrected chi connectivity index (χ4v) is 2.44. The zero-order valence-electron chi connectivity index (χ0n) is 12.1. The molecule has 5 heteroatoms. The van der Waals surface area contributed by atoms with Gasteiger partial charge in [-0.2, -0.15) is 4.98 Å². The summed E-state index contributed by atoms with van der Waals surface area (Å²) in [5.41, 5.74) is 6.98. The summed E-state index contributed by atoms with van der Waals surface area (Å²) in [6, 6.07) is 0. The standard InChI is InChI=1S/C14H24N4O/c1-4-14(6-5-7-14)8-16-12-11(15)13(18-9-17-12)19-10(2)3/h9-10H,4-8,15H2,1-3H3,(H,16,17,18). The molecule has 1 saturated carbocycles. The van der Waals surface area contributed by atoms with Crippen LogP contribution < -0.4 is 15.8 Å². The van der Waals surface area contributed by atoms with Crippen molar-refractivity contribution in [1.29, 1.82) is 0 Å². The summed E-state index contributed by atoms with van der Waals surface area (Å²) < 4.78 is 5.57. The second kappa shape index (κ2) is 5.63. The number of hydrogen-bond acceptors (Lipinski definition) is 5. The third-order valence-corrected chi connectivity index (χ3v) is 3.99. The summed E-state index contributed by atoms with van der Waals surface area (Å²) in [5, 5.41) is 3.36. The van der Waals surface area contributed by atoms with Crippen molar-refractivity contribution in [2.45, 2.75) is 52.6 Å². The number of aromatic nitrogens is 2. The molecule has 0 aliphatic heterocycles. The van der Waals surface area contributed by atoms with Gasteiger partial charge >= 0.3 is 0 Å². The Hall–Kier alpha value is -1.52. The van der Waals surface area contributed by atoms with Gasteiger partial charge in [-0.25, -0.2) is 4.98 Å². The van der Waals surface area contributed by atoms with Crippen molar-refractivity contribution in [3.63, 3.8) is 0 Å². The van der Waals surface area contributed by atoms with Gasteiger partial charge in [0.05, 0.1) is 6.10 Å². The van der Waals surface area contributed by atoms with Crippen molar-refractivity contribution < 1.29 is 4.74 Å². The number of ether oxygens (including phenoxy) is 1. The molecule has 0 saturated heterocycles. The fraction of sp³-hybridized carbons (Fsp3) is 0.714. The molecule has 1 aromatic rings. The lowest BCUT2D eigenvalue weighted by atomic mass is 9.67. The lowest BCUT2D eigenvalue weighted by molar-refractivity contribution is 0.145. The van der Waals surface area contributed by atoms with Crippen LogP contribution in [-0.2, 0) is 0 Å². The number of anilines is 2. The molecule has 1 fully saturated rings. The van der Waals surface area contributed by atoms with Crippen molar-refractivity contribution in [1.82, 2.24) is 9.97 Å². The van der Waals surface area contributed by atoms with Gasteiger partial charge in [-0.1, -0.05) is 13.3 Å². The third-order valence-electron chi connectivity index (χ3n) is 3.99. The van der Waals surface area contributed by atoms with E-state index >= 15 is 0 Å². The van der Waals surface area contributed by atoms with Crippen LogP contribution >= 0.6 is 0 Å². The van der Waals surface area contributed by atoms with Crippen LogP contribution in [-0.4, -0.2) is 22.6 Å². The smallest absolute Gasteiger partial charge is 0.242 e. The van der Waals surface area contributed by atoms with E-state index in [0.29, 0.717) is 22.8 Å². The Morgan fingerprint density at radius 2 is 2.16 bits per heavy atom. The Morgan fingerprint density at radius 3 is 2.68 bits per heavy atom. The van der Waals surface area contributed by atoms with Gasteiger partial charge in [0.1, 0.15) is 12.0 Å². The molecule has 0 unspecified atom stereocenters. The number of hydrogen-bond donors (Lipinski definition) is 2. The Kier molecular flexibility index (Phi) is 4.12. The summed E-state index contributed by atoms with van der Waals surface area (Å²) in [7, 11) is 0. The maximum atomic E-state index is 6.05. The van der Waals surface area contributed by atoms with Crippen LogP contribution in [0.2, 0.25) is 0 Å². The van der Waals surface area contributed by atoms with Gasteiger partial charge in [0, 0.05) is 6.54 Å². The van der Waals surface area contributed by atoms with Gasteiger partial charge in [-0.05, 0) is 38.5 Å². The van der Waals surface area contributed by atoms with E-state index in [-0.39, 0.29) is 6.10 Å². The molecule has 0 spiro atoms. The van der Waals surface area contributed by atoms with Crippen molar-refractivity contribution >= 4 is 11.5 Å². The molecule has 3 N–H and O–H groups in total. The molecular weight excluding hydrogens is 240 g/mol. The quantitative estimate of drug-likeness (QED) is 0.826. The molecule has 1 aliphatic carbocycles. The monoisotopic (exact) mass is 264 g/mol. The summed E-state index contributed by atoms with van der Waals surface area (Å²) in [6.07, 6.45) is 6.65. The van der Waals surface area contributed by atoms with Crippen LogP contribution in [0.3, 0.4) is 0 Å². The van der Waals surface area contributed by atoms with E-state index in [1.807, 2.05) is 13.8 Å². The number of nitrogen functional groups attached to an aromatic ring is 1. The minimum atomic E-state index is 0.0543. The number of rotatable bonds is 6. The Labute approximate surface area is 115 Å². The van der Waals surface area contributed by atoms with E-state index in [1.54, 1.807) is 0 Å². The third kappa shape index (κ3) is 3.08. The van der Waals surface area contributed by atoms with Gasteiger partial charge < -0.3 is 15.8 Å². The minimum absolute atomic E-state index is 0.0543. The topological polar surface area (TPSA) is 73.1 Å². The predicted molar refractivity (Wildman–Crippen MR) is 77.3 cm³/mol. The van der Waals surface area contributed by atoms with Crippen molar-refractivity contribution in [3.05, 3.63) is 6.33 Å². The van der Waals surface area contributed by atoms with E-state index in [9.17, 15) is 0 Å². The zero-order valence-corrected chi connectivity index (χ0v) is 12.1. The average Bonchev–Trinajstić information content (AvgIpc) is 2.32. The van der Waals surface area contributed by atoms with Crippen LogP contribution in [0, 0.1) is 5.41 Å². The molecule has 0 amide bonds. The molecule has 1 aromatic heterocycles. The molecule has 1 heterocycles. The number of nitrogens with zero attached hydrogens (tertiary/aromatic N) is 2. The van der Waals surface area contributed by atoms with Gasteiger partial charge in [-0.15, -0.1) is 0 Å². The molecule has 1 aliphatic rings. The average molecular weight is 264 g/mol. The fourth-order valence-electron chi connectivity index (χ4n) is 2.44. The number of nitrogens with one attached hydrogen (secondary N) is 1. The van der Waals surface area contributed by atoms with Gasteiger partial charge in [0.15, 0.2) is 5.82 Å². The van der Waals surface area contributed by atoms with Crippen LogP contribution in [0.25, 0.3) is 0 Å². The van der Waals surface area contributed by atoms with Crippen LogP contribution in [0.15, 0.2) is 6.33 Å². The summed E-state index contributed by atoms with van der Waals surface area (Å²) in [6.45, 7) is 7.08. The normalized spacial score (nSPS) is 17.1. The van der Waals surface area contributed by atoms with E-state index in [4.69, 9.17) is 10.5 Å². The zero-order chi connectivity index (χ0) is 13.9. The largest absolute Gasteiger partial charge is 0.473 e. The summed E-state index contributed by atoms with van der Waals surface area (Å²) in [4.78, 5) is 8.29. The van der Waals surface area contributed by atoms with Crippen molar-refractivity contribution in [2.24, 2.45) is 5.41 Å². The van der Waals surface area contributed by atoms with E-state index in [2.05, 4.69) is 22.2 Å². The maximum absolute atomic E-state index is 6.05. The molecule has 2 rings (SSSR count). The van der Waals surface area contributed by atoms with Gasteiger partial charge in [0.2, 0.25) is 5.88 Å². The Morgan fingerprint density at radius 1 is 1.42 bits per heavy atom. The van der Waals surface area contributed by atoms with Gasteiger partial charge in [0.25, 0.3) is 0 Å². The van der Waals surface area contributed by atoms with E-state index in [0.717, 1.165) is 6.54 Å². The van der Waals surface area contributed by atoms with E-state index < -0.39 is 0 Å². The highest BCUT2D eigenvalue weighted by atomic mass is 16.5. The van der Waals surface area contributed by atoms with Gasteiger partial charge in [-0.3, -0.25) is 0 Å². The molecule has 106 valence electrons. The molecule has 0 atom stereocenters. The Bertz CT molecular complexity index is 424. The first kappa shape index (κ1) is 13.9. The predicted octanol–water partition coefficient (Wildman–Crippen LogP) is 2.84. The first-order valence-electron chi connectivity index (χ1n) is 7.07. The SMILES string of the molecule is CCC1(CNc2ncnc(OC(C)C)c2N)CCC1. The van der Waals surface area contributed by atoms with Crippen LogP contribution in [0.1, 0.15) is 46.5 Å². The summed E-state index contributed by atoms with van der Waals surface area (Å²) in [5.74, 6) is 1.15. The molecule has 5 nitrogen and oxygen atoms in total. The molecule has 19 heavy (non-hydrogen) atoms. The second-order valence-corrected chi connectivity index (χ2v) is 5.67. The second-order valence-electron chi connectivity index (χ2n) is 5.67. The first-order chi connectivity index (χ1) is 9.06. The van der Waals surface area contributed by atoms with Crippen LogP contribution in [0.5, 0.6) is 5.88 Å². The first-order valence-corrected chi connectivity index (χ1v) is 7.07. The van der Waals surface area contributed by atoms with E-state index in [1.165, 1.54) is 32.0 Å². The lowest BCUT2D eigenvalue weighted by Crippen LogP contribution is -2.36. The highest BCUT2D eigenvalue weighted by Gasteiger charge is 2.35. The van der Waals surface area contributed by atoms with Crippen molar-refractivity contribution in [3.8, 4) is 5.88 Å². The maximum Gasteiger partial charge on any atom is 0.242 e. The highest BCUT2D eigenvalue weighted by molar-refractivity contribution is 5.66. The number of nitrogens with two attached hydrogens (primary N) is 1. The summed E-state index contributed by atoms with van der Waals surface area (Å²) >= 11 is 0. The van der Waals surface area contributed by atoms with Crippen molar-refractivity contribution in [2.75, 3.05) is 17.6 Å². The van der Waals surface area contributed by atoms with Crippen LogP contribution in [0.4, 0.5) is 11.5 Å². The molecule has 0 aromatic carbocycles. The lowest BCUT2D eigenvalue weighted by Gasteiger charge is -2.41. The molecular formula is C14H24N4O. The highest BCUT2D eigenvalue weighted by Crippen LogP contribution is 2.44.